The minimum absolute atomic E-state index is 0.395. The first-order valence-electron chi connectivity index (χ1n) is 21.1. The van der Waals surface area contributed by atoms with E-state index in [9.17, 15) is 0 Å². The van der Waals surface area contributed by atoms with Gasteiger partial charge in [-0.05, 0) is 120 Å². The topological polar surface area (TPSA) is 16.4 Å². The van der Waals surface area contributed by atoms with Gasteiger partial charge in [-0.2, -0.15) is 0 Å². The first kappa shape index (κ1) is 34.0. The van der Waals surface area contributed by atoms with Crippen LogP contribution in [0, 0.1) is 0 Å². The van der Waals surface area contributed by atoms with Gasteiger partial charge in [-0.3, -0.25) is 0 Å². The molecule has 10 aromatic carbocycles. The van der Waals surface area contributed by atoms with Crippen LogP contribution in [0.1, 0.15) is 22.3 Å². The van der Waals surface area contributed by atoms with Gasteiger partial charge in [0.25, 0.3) is 0 Å². The van der Waals surface area contributed by atoms with Gasteiger partial charge in [0.2, 0.25) is 0 Å². The summed E-state index contributed by atoms with van der Waals surface area (Å²) in [6.07, 6.45) is 0. The van der Waals surface area contributed by atoms with Crippen LogP contribution in [0.25, 0.3) is 77.2 Å². The molecule has 0 saturated heterocycles. The Balaban J connectivity index is 0.975. The quantitative estimate of drug-likeness (QED) is 0.173. The zero-order valence-corrected chi connectivity index (χ0v) is 33.2. The minimum Gasteiger partial charge on any atom is -0.456 e. The largest absolute Gasteiger partial charge is 0.456 e. The number of benzene rings is 10. The Morgan fingerprint density at radius 2 is 0.820 bits per heavy atom. The molecule has 0 amide bonds. The molecule has 1 spiro atoms. The Morgan fingerprint density at radius 1 is 0.328 bits per heavy atom. The van der Waals surface area contributed by atoms with Crippen LogP contribution in [0.15, 0.2) is 229 Å². The van der Waals surface area contributed by atoms with Crippen molar-refractivity contribution in [3.63, 3.8) is 0 Å². The number of anilines is 3. The first-order valence-corrected chi connectivity index (χ1v) is 21.1. The maximum atomic E-state index is 6.48. The predicted molar refractivity (Wildman–Crippen MR) is 253 cm³/mol. The number of para-hydroxylation sites is 1. The average Bonchev–Trinajstić information content (AvgIpc) is 3.96. The third-order valence-electron chi connectivity index (χ3n) is 13.3. The predicted octanol–water partition coefficient (Wildman–Crippen LogP) is 15.9. The lowest BCUT2D eigenvalue weighted by molar-refractivity contribution is 0.669. The highest BCUT2D eigenvalue weighted by molar-refractivity contribution is 6.13. The fourth-order valence-corrected chi connectivity index (χ4v) is 10.7. The van der Waals surface area contributed by atoms with Gasteiger partial charge < -0.3 is 9.32 Å². The van der Waals surface area contributed by atoms with Crippen LogP contribution in [0.3, 0.4) is 0 Å². The fourth-order valence-electron chi connectivity index (χ4n) is 10.7. The summed E-state index contributed by atoms with van der Waals surface area (Å²) in [6, 6.07) is 82.2. The van der Waals surface area contributed by atoms with Gasteiger partial charge in [-0.25, -0.2) is 0 Å². The van der Waals surface area contributed by atoms with E-state index in [1.807, 2.05) is 6.07 Å². The van der Waals surface area contributed by atoms with Crippen molar-refractivity contribution in [2.75, 3.05) is 4.90 Å². The lowest BCUT2D eigenvalue weighted by atomic mass is 9.70. The molecule has 0 radical (unpaired) electrons. The summed E-state index contributed by atoms with van der Waals surface area (Å²) in [5.74, 6) is 0. The Labute approximate surface area is 354 Å². The van der Waals surface area contributed by atoms with Crippen LogP contribution < -0.4 is 4.90 Å². The summed E-state index contributed by atoms with van der Waals surface area (Å²) in [4.78, 5) is 2.42. The van der Waals surface area contributed by atoms with E-state index in [4.69, 9.17) is 4.42 Å². The molecule has 61 heavy (non-hydrogen) atoms. The Kier molecular flexibility index (Phi) is 7.26. The zero-order chi connectivity index (χ0) is 40.1. The van der Waals surface area contributed by atoms with E-state index in [0.717, 1.165) is 39.0 Å². The highest BCUT2D eigenvalue weighted by Crippen LogP contribution is 2.63. The van der Waals surface area contributed by atoms with Gasteiger partial charge in [0.15, 0.2) is 0 Å². The second kappa shape index (κ2) is 13.0. The van der Waals surface area contributed by atoms with E-state index in [2.05, 4.69) is 223 Å². The summed E-state index contributed by atoms with van der Waals surface area (Å²) in [5.41, 5.74) is 19.9. The number of hydrogen-bond donors (Lipinski definition) is 0. The second-order valence-corrected chi connectivity index (χ2v) is 16.4. The summed E-state index contributed by atoms with van der Waals surface area (Å²) in [7, 11) is 0. The molecule has 0 bridgehead atoms. The molecule has 0 fully saturated rings. The van der Waals surface area contributed by atoms with E-state index in [0.29, 0.717) is 0 Å². The molecule has 1 aromatic heterocycles. The standard InChI is InChI=1S/C59H37NO/c1-2-15-44-40(13-1)14-11-20-45(44)41-29-27-38(28-30-41)39-31-33-42(34-32-39)60(55-24-12-26-57-58(55)49-19-6-10-25-56(49)61-57)43-35-36-54-50(37-43)48-18-5-9-23-53(48)59(54)51-21-7-3-16-46(51)47-17-4-8-22-52(47)59/h1-37H. The molecule has 13 rings (SSSR count). The Bertz CT molecular complexity index is 3490. The monoisotopic (exact) mass is 775 g/mol. The molecule has 2 heteroatoms. The Hall–Kier alpha value is -7.94. The van der Waals surface area contributed by atoms with Crippen molar-refractivity contribution >= 4 is 49.8 Å². The van der Waals surface area contributed by atoms with Crippen molar-refractivity contribution in [1.29, 1.82) is 0 Å². The molecule has 2 nitrogen and oxygen atoms in total. The number of furan rings is 1. The molecule has 2 aliphatic rings. The molecule has 0 unspecified atom stereocenters. The van der Waals surface area contributed by atoms with E-state index in [1.165, 1.54) is 77.5 Å². The summed E-state index contributed by atoms with van der Waals surface area (Å²) >= 11 is 0. The molecule has 2 aliphatic carbocycles. The van der Waals surface area contributed by atoms with E-state index < -0.39 is 5.41 Å². The van der Waals surface area contributed by atoms with Gasteiger partial charge in [0.1, 0.15) is 11.2 Å². The molecule has 11 aromatic rings. The summed E-state index contributed by atoms with van der Waals surface area (Å²) < 4.78 is 6.48. The van der Waals surface area contributed by atoms with E-state index in [1.54, 1.807) is 0 Å². The van der Waals surface area contributed by atoms with Crippen molar-refractivity contribution in [3.05, 3.63) is 247 Å². The van der Waals surface area contributed by atoms with Crippen LogP contribution in [-0.4, -0.2) is 0 Å². The maximum absolute atomic E-state index is 6.48. The van der Waals surface area contributed by atoms with Gasteiger partial charge >= 0.3 is 0 Å². The van der Waals surface area contributed by atoms with Gasteiger partial charge in [0, 0.05) is 16.8 Å². The first-order chi connectivity index (χ1) is 30.3. The van der Waals surface area contributed by atoms with Gasteiger partial charge in [-0.15, -0.1) is 0 Å². The second-order valence-electron chi connectivity index (χ2n) is 16.4. The van der Waals surface area contributed by atoms with Gasteiger partial charge in [0.05, 0.1) is 16.5 Å². The van der Waals surface area contributed by atoms with Crippen LogP contribution in [0.5, 0.6) is 0 Å². The minimum atomic E-state index is -0.395. The van der Waals surface area contributed by atoms with Crippen molar-refractivity contribution in [2.24, 2.45) is 0 Å². The SMILES string of the molecule is c1ccc2c(c1)-c1ccccc1C21c2ccccc2-c2cc(N(c3ccc(-c4ccc(-c5cccc6ccccc56)cc4)cc3)c3cccc4oc5ccccc5c34)ccc21. The number of rotatable bonds is 5. The summed E-state index contributed by atoms with van der Waals surface area (Å²) in [5, 5.41) is 4.73. The van der Waals surface area contributed by atoms with Crippen LogP contribution in [-0.2, 0) is 5.41 Å². The molecule has 1 heterocycles. The van der Waals surface area contributed by atoms with E-state index >= 15 is 0 Å². The smallest absolute Gasteiger partial charge is 0.137 e. The zero-order valence-electron chi connectivity index (χ0n) is 33.2. The van der Waals surface area contributed by atoms with E-state index in [-0.39, 0.29) is 0 Å². The fraction of sp³-hybridized carbons (Fsp3) is 0.0169. The highest BCUT2D eigenvalue weighted by atomic mass is 16.3. The Morgan fingerprint density at radius 3 is 1.54 bits per heavy atom. The van der Waals surface area contributed by atoms with Crippen molar-refractivity contribution in [2.45, 2.75) is 5.41 Å². The van der Waals surface area contributed by atoms with Crippen LogP contribution >= 0.6 is 0 Å². The normalized spacial score (nSPS) is 13.0. The van der Waals surface area contributed by atoms with Crippen molar-refractivity contribution in [3.8, 4) is 44.5 Å². The lowest BCUT2D eigenvalue weighted by Crippen LogP contribution is -2.25. The molecule has 0 saturated carbocycles. The number of nitrogens with zero attached hydrogens (tertiary/aromatic N) is 1. The lowest BCUT2D eigenvalue weighted by Gasteiger charge is -2.31. The summed E-state index contributed by atoms with van der Waals surface area (Å²) in [6.45, 7) is 0. The third-order valence-corrected chi connectivity index (χ3v) is 13.3. The van der Waals surface area contributed by atoms with Crippen LogP contribution in [0.2, 0.25) is 0 Å². The molecule has 284 valence electrons. The molecule has 0 atom stereocenters. The van der Waals surface area contributed by atoms with Crippen molar-refractivity contribution < 1.29 is 4.42 Å². The maximum Gasteiger partial charge on any atom is 0.137 e. The number of fused-ring (bicyclic) bond motifs is 14. The van der Waals surface area contributed by atoms with Crippen LogP contribution in [0.4, 0.5) is 17.1 Å². The third kappa shape index (κ3) is 4.85. The average molecular weight is 776 g/mol. The molecular weight excluding hydrogens is 739 g/mol. The molecule has 0 N–H and O–H groups in total. The number of hydrogen-bond acceptors (Lipinski definition) is 2. The van der Waals surface area contributed by atoms with Gasteiger partial charge in [-0.1, -0.05) is 182 Å². The molecule has 0 aliphatic heterocycles. The highest BCUT2D eigenvalue weighted by Gasteiger charge is 2.51. The molecular formula is C59H37NO. The van der Waals surface area contributed by atoms with Crippen molar-refractivity contribution in [1.82, 2.24) is 0 Å².